The molecule has 0 saturated carbocycles. The predicted octanol–water partition coefficient (Wildman–Crippen LogP) is 5.96. The minimum Gasteiger partial charge on any atom is -0.480 e. The highest BCUT2D eigenvalue weighted by atomic mass is 35.5. The highest BCUT2D eigenvalue weighted by molar-refractivity contribution is 6.30. The molecule has 190 valence electrons. The van der Waals surface area contributed by atoms with E-state index in [1.165, 1.54) is 12.2 Å². The van der Waals surface area contributed by atoms with Crippen LogP contribution < -0.4 is 0 Å². The fourth-order valence-corrected chi connectivity index (χ4v) is 4.29. The van der Waals surface area contributed by atoms with Gasteiger partial charge in [-0.1, -0.05) is 84.4 Å². The molecule has 0 atom stereocenters. The van der Waals surface area contributed by atoms with Crippen molar-refractivity contribution in [1.29, 1.82) is 0 Å². The van der Waals surface area contributed by atoms with Crippen LogP contribution in [0.1, 0.15) is 30.5 Å². The summed E-state index contributed by atoms with van der Waals surface area (Å²) in [6, 6.07) is 23.6. The van der Waals surface area contributed by atoms with Gasteiger partial charge in [-0.3, -0.25) is 4.79 Å². The Morgan fingerprint density at radius 3 is 1.49 bits per heavy atom. The fourth-order valence-electron chi connectivity index (χ4n) is 4.17. The summed E-state index contributed by atoms with van der Waals surface area (Å²) in [6.07, 6.45) is 2.34. The molecule has 0 amide bonds. The maximum absolute atomic E-state index is 13.6. The van der Waals surface area contributed by atoms with E-state index in [0.29, 0.717) is 16.1 Å². The van der Waals surface area contributed by atoms with Crippen LogP contribution in [0, 0.1) is 0 Å². The minimum absolute atomic E-state index is 0.0998. The van der Waals surface area contributed by atoms with E-state index in [9.17, 15) is 19.5 Å². The van der Waals surface area contributed by atoms with Crippen molar-refractivity contribution in [3.8, 4) is 0 Å². The maximum Gasteiger partial charge on any atom is 0.331 e. The molecule has 0 heterocycles. The number of carbonyl (C=O) groups is 3. The molecule has 0 unspecified atom stereocenters. The lowest BCUT2D eigenvalue weighted by molar-refractivity contribution is -0.139. The van der Waals surface area contributed by atoms with Crippen LogP contribution in [0.15, 0.2) is 97.1 Å². The number of rotatable bonds is 10. The molecule has 0 radical (unpaired) electrons. The largest absolute Gasteiger partial charge is 0.480 e. The van der Waals surface area contributed by atoms with Crippen LogP contribution in [0.3, 0.4) is 0 Å². The molecular formula is C30H27ClO6. The van der Waals surface area contributed by atoms with Gasteiger partial charge in [0.05, 0.1) is 13.2 Å². The SMILES string of the molecule is CCOC(=O)/C=C(/c1ccccc1)C(C(=O)O)(/C(=C\C(=O)OCC)c1ccccc1)c1ccc(Cl)cc1. The van der Waals surface area contributed by atoms with Crippen LogP contribution in [0.2, 0.25) is 5.02 Å². The second-order valence-electron chi connectivity index (χ2n) is 7.91. The van der Waals surface area contributed by atoms with E-state index in [1.54, 1.807) is 98.8 Å². The molecule has 0 aromatic heterocycles. The highest BCUT2D eigenvalue weighted by Crippen LogP contribution is 2.49. The number of benzene rings is 3. The standard InChI is InChI=1S/C30H27ClO6/c1-3-36-27(32)19-25(21-11-7-5-8-12-21)30(29(34)35,23-15-17-24(31)18-16-23)26(20-28(33)37-4-2)22-13-9-6-10-14-22/h5-20H,3-4H2,1-2H3,(H,34,35)/b25-19-,26-20-. The summed E-state index contributed by atoms with van der Waals surface area (Å²) >= 11 is 6.16. The molecule has 0 fully saturated rings. The van der Waals surface area contributed by atoms with Crippen LogP contribution in [0.5, 0.6) is 0 Å². The Morgan fingerprint density at radius 1 is 0.730 bits per heavy atom. The molecule has 0 aliphatic carbocycles. The Bertz CT molecular complexity index is 1220. The van der Waals surface area contributed by atoms with Crippen molar-refractivity contribution in [3.05, 3.63) is 119 Å². The first kappa shape index (κ1) is 27.4. The average Bonchev–Trinajstić information content (AvgIpc) is 2.90. The third-order valence-corrected chi connectivity index (χ3v) is 5.93. The van der Waals surface area contributed by atoms with Gasteiger partial charge in [0.25, 0.3) is 0 Å². The Labute approximate surface area is 220 Å². The van der Waals surface area contributed by atoms with Gasteiger partial charge in [0.1, 0.15) is 5.41 Å². The molecule has 3 aromatic carbocycles. The average molecular weight is 519 g/mol. The van der Waals surface area contributed by atoms with Gasteiger partial charge in [-0.05, 0) is 53.8 Å². The van der Waals surface area contributed by atoms with Gasteiger partial charge < -0.3 is 14.6 Å². The molecule has 0 aliphatic heterocycles. The summed E-state index contributed by atoms with van der Waals surface area (Å²) in [5.74, 6) is -2.75. The lowest BCUT2D eigenvalue weighted by atomic mass is 9.64. The van der Waals surface area contributed by atoms with Gasteiger partial charge in [-0.25, -0.2) is 9.59 Å². The number of ether oxygens (including phenoxy) is 2. The van der Waals surface area contributed by atoms with E-state index >= 15 is 0 Å². The van der Waals surface area contributed by atoms with Crippen molar-refractivity contribution in [1.82, 2.24) is 0 Å². The van der Waals surface area contributed by atoms with Crippen LogP contribution >= 0.6 is 11.6 Å². The van der Waals surface area contributed by atoms with E-state index < -0.39 is 23.3 Å². The van der Waals surface area contributed by atoms with E-state index in [4.69, 9.17) is 21.1 Å². The first-order valence-electron chi connectivity index (χ1n) is 11.7. The van der Waals surface area contributed by atoms with E-state index in [2.05, 4.69) is 0 Å². The first-order valence-corrected chi connectivity index (χ1v) is 12.1. The Balaban J connectivity index is 2.54. The smallest absolute Gasteiger partial charge is 0.331 e. The molecule has 0 aliphatic rings. The van der Waals surface area contributed by atoms with Crippen LogP contribution in [0.25, 0.3) is 11.1 Å². The number of hydrogen-bond donors (Lipinski definition) is 1. The third kappa shape index (κ3) is 6.16. The van der Waals surface area contributed by atoms with E-state index in [1.807, 2.05) is 0 Å². The van der Waals surface area contributed by atoms with Crippen LogP contribution in [-0.2, 0) is 29.3 Å². The lowest BCUT2D eigenvalue weighted by Crippen LogP contribution is -2.39. The topological polar surface area (TPSA) is 89.9 Å². The first-order chi connectivity index (χ1) is 17.8. The van der Waals surface area contributed by atoms with Crippen molar-refractivity contribution in [2.45, 2.75) is 19.3 Å². The maximum atomic E-state index is 13.6. The van der Waals surface area contributed by atoms with Crippen LogP contribution in [0.4, 0.5) is 0 Å². The van der Waals surface area contributed by atoms with Gasteiger partial charge >= 0.3 is 17.9 Å². The number of carboxylic acids is 1. The van der Waals surface area contributed by atoms with Gasteiger partial charge in [-0.2, -0.15) is 0 Å². The fraction of sp³-hybridized carbons (Fsp3) is 0.167. The summed E-state index contributed by atoms with van der Waals surface area (Å²) in [7, 11) is 0. The molecule has 7 heteroatoms. The van der Waals surface area contributed by atoms with Crippen molar-refractivity contribution >= 4 is 40.7 Å². The molecule has 3 aromatic rings. The molecule has 6 nitrogen and oxygen atoms in total. The zero-order valence-electron chi connectivity index (χ0n) is 20.5. The molecular weight excluding hydrogens is 492 g/mol. The molecule has 1 N–H and O–H groups in total. The zero-order chi connectivity index (χ0) is 26.8. The van der Waals surface area contributed by atoms with Crippen molar-refractivity contribution in [2.24, 2.45) is 0 Å². The van der Waals surface area contributed by atoms with E-state index in [0.717, 1.165) is 0 Å². The van der Waals surface area contributed by atoms with Crippen LogP contribution in [-0.4, -0.2) is 36.2 Å². The number of carbonyl (C=O) groups excluding carboxylic acids is 2. The van der Waals surface area contributed by atoms with Gasteiger partial charge in [0.2, 0.25) is 0 Å². The third-order valence-electron chi connectivity index (χ3n) is 5.67. The van der Waals surface area contributed by atoms with Gasteiger partial charge in [-0.15, -0.1) is 0 Å². The summed E-state index contributed by atoms with van der Waals surface area (Å²) in [4.78, 5) is 39.3. The quantitative estimate of drug-likeness (QED) is 0.263. The van der Waals surface area contributed by atoms with Crippen molar-refractivity contribution in [2.75, 3.05) is 13.2 Å². The summed E-state index contributed by atoms with van der Waals surface area (Å²) < 4.78 is 10.4. The molecule has 0 spiro atoms. The number of esters is 2. The Morgan fingerprint density at radius 2 is 1.14 bits per heavy atom. The number of aliphatic carboxylic acids is 1. The molecule has 3 rings (SSSR count). The second-order valence-corrected chi connectivity index (χ2v) is 8.35. The summed E-state index contributed by atoms with van der Waals surface area (Å²) in [5.41, 5.74) is -0.616. The number of hydrogen-bond acceptors (Lipinski definition) is 5. The normalized spacial score (nSPS) is 13.4. The highest BCUT2D eigenvalue weighted by Gasteiger charge is 2.49. The van der Waals surface area contributed by atoms with E-state index in [-0.39, 0.29) is 29.9 Å². The molecule has 0 bridgehead atoms. The zero-order valence-corrected chi connectivity index (χ0v) is 21.3. The summed E-state index contributed by atoms with van der Waals surface area (Å²) in [6.45, 7) is 3.52. The lowest BCUT2D eigenvalue weighted by Gasteiger charge is -2.36. The molecule has 37 heavy (non-hydrogen) atoms. The van der Waals surface area contributed by atoms with Gasteiger partial charge in [0, 0.05) is 17.2 Å². The second kappa shape index (κ2) is 12.7. The number of carboxylic acid groups (broad SMARTS) is 1. The predicted molar refractivity (Wildman–Crippen MR) is 143 cm³/mol. The Kier molecular flexibility index (Phi) is 9.41. The van der Waals surface area contributed by atoms with Crippen molar-refractivity contribution in [3.63, 3.8) is 0 Å². The Hall–Kier alpha value is -4.16. The number of halogens is 1. The minimum atomic E-state index is -2.03. The monoisotopic (exact) mass is 518 g/mol. The molecule has 0 saturated heterocycles. The van der Waals surface area contributed by atoms with Gasteiger partial charge in [0.15, 0.2) is 0 Å². The summed E-state index contributed by atoms with van der Waals surface area (Å²) in [5, 5.41) is 11.5. The van der Waals surface area contributed by atoms with Crippen molar-refractivity contribution < 1.29 is 29.0 Å².